The summed E-state index contributed by atoms with van der Waals surface area (Å²) in [4.78, 5) is 0. The van der Waals surface area contributed by atoms with E-state index in [0.29, 0.717) is 0 Å². The predicted molar refractivity (Wildman–Crippen MR) is 64.1 cm³/mol. The van der Waals surface area contributed by atoms with E-state index in [9.17, 15) is 0 Å². The Balaban J connectivity index is 1.88. The van der Waals surface area contributed by atoms with Crippen LogP contribution < -0.4 is 5.32 Å². The van der Waals surface area contributed by atoms with Crippen molar-refractivity contribution in [2.75, 3.05) is 25.5 Å². The zero-order valence-corrected chi connectivity index (χ0v) is 10.2. The summed E-state index contributed by atoms with van der Waals surface area (Å²) in [5.41, 5.74) is 0. The van der Waals surface area contributed by atoms with E-state index in [1.807, 2.05) is 0 Å². The molecule has 2 nitrogen and oxygen atoms in total. The van der Waals surface area contributed by atoms with Crippen molar-refractivity contribution in [1.82, 2.24) is 5.32 Å². The van der Waals surface area contributed by atoms with E-state index in [2.05, 4.69) is 30.9 Å². The van der Waals surface area contributed by atoms with Crippen molar-refractivity contribution in [3.8, 4) is 0 Å². The molecule has 0 radical (unpaired) electrons. The number of rotatable bonds is 7. The Hall–Kier alpha value is 0.270. The SMILES string of the molecule is CCCCOCCNC1CCSC1C. The van der Waals surface area contributed by atoms with Gasteiger partial charge in [-0.15, -0.1) is 0 Å². The molecule has 1 fully saturated rings. The molecule has 0 saturated carbocycles. The molecule has 14 heavy (non-hydrogen) atoms. The summed E-state index contributed by atoms with van der Waals surface area (Å²) >= 11 is 2.07. The minimum atomic E-state index is 0.717. The highest BCUT2D eigenvalue weighted by molar-refractivity contribution is 8.00. The van der Waals surface area contributed by atoms with Gasteiger partial charge in [-0.25, -0.2) is 0 Å². The molecule has 1 rings (SSSR count). The molecule has 0 bridgehead atoms. The van der Waals surface area contributed by atoms with Gasteiger partial charge in [0.25, 0.3) is 0 Å². The lowest BCUT2D eigenvalue weighted by Gasteiger charge is -2.16. The van der Waals surface area contributed by atoms with Crippen LogP contribution in [0.2, 0.25) is 0 Å². The molecule has 1 aliphatic heterocycles. The maximum atomic E-state index is 5.50. The Bertz CT molecular complexity index is 143. The second-order valence-corrected chi connectivity index (χ2v) is 5.38. The van der Waals surface area contributed by atoms with Crippen LogP contribution in [0.3, 0.4) is 0 Å². The van der Waals surface area contributed by atoms with E-state index in [0.717, 1.165) is 31.1 Å². The number of thioether (sulfide) groups is 1. The first kappa shape index (κ1) is 12.3. The standard InChI is InChI=1S/C11H23NOS/c1-3-4-7-13-8-6-12-11-5-9-14-10(11)2/h10-12H,3-9H2,1-2H3. The van der Waals surface area contributed by atoms with Gasteiger partial charge in [-0.05, 0) is 18.6 Å². The van der Waals surface area contributed by atoms with Gasteiger partial charge in [0.2, 0.25) is 0 Å². The second-order valence-electron chi connectivity index (χ2n) is 3.89. The average molecular weight is 217 g/mol. The first-order valence-electron chi connectivity index (χ1n) is 5.77. The fourth-order valence-corrected chi connectivity index (χ4v) is 2.89. The molecule has 0 aromatic rings. The lowest BCUT2D eigenvalue weighted by molar-refractivity contribution is 0.131. The van der Waals surface area contributed by atoms with Crippen LogP contribution in [-0.4, -0.2) is 36.8 Å². The number of ether oxygens (including phenoxy) is 1. The summed E-state index contributed by atoms with van der Waals surface area (Å²) in [7, 11) is 0. The molecular weight excluding hydrogens is 194 g/mol. The van der Waals surface area contributed by atoms with Gasteiger partial charge in [0.1, 0.15) is 0 Å². The third-order valence-corrected chi connectivity index (χ3v) is 4.00. The third-order valence-electron chi connectivity index (χ3n) is 2.67. The summed E-state index contributed by atoms with van der Waals surface area (Å²) < 4.78 is 5.50. The normalized spacial score (nSPS) is 27.0. The van der Waals surface area contributed by atoms with Gasteiger partial charge >= 0.3 is 0 Å². The lowest BCUT2D eigenvalue weighted by atomic mass is 10.2. The maximum absolute atomic E-state index is 5.50. The molecule has 0 aromatic heterocycles. The fraction of sp³-hybridized carbons (Fsp3) is 1.00. The van der Waals surface area contributed by atoms with Gasteiger partial charge in [0.15, 0.2) is 0 Å². The van der Waals surface area contributed by atoms with Crippen molar-refractivity contribution in [2.45, 2.75) is 44.4 Å². The summed E-state index contributed by atoms with van der Waals surface area (Å²) in [6, 6.07) is 0.717. The molecule has 0 aromatic carbocycles. The van der Waals surface area contributed by atoms with E-state index in [1.54, 1.807) is 0 Å². The zero-order chi connectivity index (χ0) is 10.2. The van der Waals surface area contributed by atoms with E-state index < -0.39 is 0 Å². The number of nitrogens with one attached hydrogen (secondary N) is 1. The molecule has 1 N–H and O–H groups in total. The molecule has 2 atom stereocenters. The smallest absolute Gasteiger partial charge is 0.0591 e. The van der Waals surface area contributed by atoms with E-state index >= 15 is 0 Å². The van der Waals surface area contributed by atoms with Crippen LogP contribution in [0.5, 0.6) is 0 Å². The van der Waals surface area contributed by atoms with E-state index in [1.165, 1.54) is 25.0 Å². The molecule has 1 aliphatic rings. The van der Waals surface area contributed by atoms with Crippen molar-refractivity contribution in [3.05, 3.63) is 0 Å². The van der Waals surface area contributed by atoms with Crippen LogP contribution in [0.25, 0.3) is 0 Å². The monoisotopic (exact) mass is 217 g/mol. The van der Waals surface area contributed by atoms with E-state index in [-0.39, 0.29) is 0 Å². The predicted octanol–water partition coefficient (Wildman–Crippen LogP) is 2.29. The van der Waals surface area contributed by atoms with E-state index in [4.69, 9.17) is 4.74 Å². The van der Waals surface area contributed by atoms with Crippen LogP contribution in [0.4, 0.5) is 0 Å². The molecule has 2 unspecified atom stereocenters. The molecular formula is C11H23NOS. The van der Waals surface area contributed by atoms with Gasteiger partial charge in [0.05, 0.1) is 6.61 Å². The summed E-state index contributed by atoms with van der Waals surface area (Å²) in [6.07, 6.45) is 3.74. The quantitative estimate of drug-likeness (QED) is 0.661. The number of hydrogen-bond acceptors (Lipinski definition) is 3. The Kier molecular flexibility index (Phi) is 6.65. The number of unbranched alkanes of at least 4 members (excludes halogenated alkanes) is 1. The highest BCUT2D eigenvalue weighted by atomic mass is 32.2. The van der Waals surface area contributed by atoms with Crippen molar-refractivity contribution in [2.24, 2.45) is 0 Å². The van der Waals surface area contributed by atoms with Crippen molar-refractivity contribution < 1.29 is 4.74 Å². The summed E-state index contributed by atoms with van der Waals surface area (Å²) in [6.45, 7) is 7.31. The molecule has 0 amide bonds. The second kappa shape index (κ2) is 7.55. The average Bonchev–Trinajstić information content (AvgIpc) is 2.58. The lowest BCUT2D eigenvalue weighted by Crippen LogP contribution is -2.35. The van der Waals surface area contributed by atoms with Crippen LogP contribution in [0.15, 0.2) is 0 Å². The van der Waals surface area contributed by atoms with Crippen molar-refractivity contribution in [3.63, 3.8) is 0 Å². The van der Waals surface area contributed by atoms with Crippen LogP contribution >= 0.6 is 11.8 Å². The topological polar surface area (TPSA) is 21.3 Å². The molecule has 0 spiro atoms. The minimum absolute atomic E-state index is 0.717. The Morgan fingerprint density at radius 2 is 2.29 bits per heavy atom. The van der Waals surface area contributed by atoms with Gasteiger partial charge in [0, 0.05) is 24.4 Å². The van der Waals surface area contributed by atoms with Gasteiger partial charge in [-0.2, -0.15) is 11.8 Å². The van der Waals surface area contributed by atoms with Crippen LogP contribution in [0, 0.1) is 0 Å². The van der Waals surface area contributed by atoms with Crippen LogP contribution in [0.1, 0.15) is 33.1 Å². The van der Waals surface area contributed by atoms with Gasteiger partial charge in [-0.1, -0.05) is 20.3 Å². The third kappa shape index (κ3) is 4.67. The summed E-state index contributed by atoms with van der Waals surface area (Å²) in [5.74, 6) is 1.32. The Morgan fingerprint density at radius 3 is 2.93 bits per heavy atom. The minimum Gasteiger partial charge on any atom is -0.380 e. The van der Waals surface area contributed by atoms with Gasteiger partial charge < -0.3 is 10.1 Å². The van der Waals surface area contributed by atoms with Crippen LogP contribution in [-0.2, 0) is 4.74 Å². The largest absolute Gasteiger partial charge is 0.380 e. The molecule has 1 heterocycles. The Morgan fingerprint density at radius 1 is 1.43 bits per heavy atom. The van der Waals surface area contributed by atoms with Crippen molar-refractivity contribution in [1.29, 1.82) is 0 Å². The molecule has 0 aliphatic carbocycles. The fourth-order valence-electron chi connectivity index (χ4n) is 1.66. The highest BCUT2D eigenvalue weighted by Gasteiger charge is 2.22. The first-order valence-corrected chi connectivity index (χ1v) is 6.82. The molecule has 1 saturated heterocycles. The van der Waals surface area contributed by atoms with Gasteiger partial charge in [-0.3, -0.25) is 0 Å². The molecule has 84 valence electrons. The highest BCUT2D eigenvalue weighted by Crippen LogP contribution is 2.25. The maximum Gasteiger partial charge on any atom is 0.0591 e. The Labute approximate surface area is 92.2 Å². The summed E-state index contributed by atoms with van der Waals surface area (Å²) in [5, 5.41) is 4.35. The zero-order valence-electron chi connectivity index (χ0n) is 9.42. The van der Waals surface area contributed by atoms with Crippen molar-refractivity contribution >= 4 is 11.8 Å². The molecule has 3 heteroatoms. The number of hydrogen-bond donors (Lipinski definition) is 1. The first-order chi connectivity index (χ1) is 6.84.